The molecule has 1 saturated heterocycles. The summed E-state index contributed by atoms with van der Waals surface area (Å²) in [6.07, 6.45) is 5.64. The van der Waals surface area contributed by atoms with Gasteiger partial charge in [0.05, 0.1) is 12.4 Å². The van der Waals surface area contributed by atoms with E-state index in [1.807, 2.05) is 42.5 Å². The van der Waals surface area contributed by atoms with Gasteiger partial charge in [0.15, 0.2) is 0 Å². The van der Waals surface area contributed by atoms with Crippen LogP contribution in [-0.4, -0.2) is 40.9 Å². The average Bonchev–Trinajstić information content (AvgIpc) is 3.30. The molecule has 2 heterocycles. The smallest absolute Gasteiger partial charge is 0.274 e. The van der Waals surface area contributed by atoms with Crippen LogP contribution >= 0.6 is 0 Å². The SMILES string of the molecule is CN(Cc1ccccc1)C(=O)c1cnc(Nc2ccc(N3CCCC3)cc2)cn1. The van der Waals surface area contributed by atoms with Gasteiger partial charge in [-0.25, -0.2) is 9.97 Å². The lowest BCUT2D eigenvalue weighted by molar-refractivity contribution is 0.0779. The normalized spacial score (nSPS) is 13.3. The number of amides is 1. The molecule has 1 aromatic heterocycles. The predicted molar refractivity (Wildman–Crippen MR) is 115 cm³/mol. The van der Waals surface area contributed by atoms with Crippen LogP contribution in [0.25, 0.3) is 0 Å². The molecule has 1 amide bonds. The van der Waals surface area contributed by atoms with Crippen molar-refractivity contribution < 1.29 is 4.79 Å². The summed E-state index contributed by atoms with van der Waals surface area (Å²) in [5.41, 5.74) is 3.61. The summed E-state index contributed by atoms with van der Waals surface area (Å²) in [4.78, 5) is 25.3. The van der Waals surface area contributed by atoms with Crippen LogP contribution < -0.4 is 10.2 Å². The molecule has 0 bridgehead atoms. The lowest BCUT2D eigenvalue weighted by Crippen LogP contribution is -2.27. The van der Waals surface area contributed by atoms with Crippen molar-refractivity contribution in [2.75, 3.05) is 30.4 Å². The standard InChI is InChI=1S/C23H25N5O/c1-27(17-18-7-3-2-4-8-18)23(29)21-15-25-22(16-24-21)26-19-9-11-20(12-10-19)28-13-5-6-14-28/h2-4,7-12,15-16H,5-6,13-14,17H2,1H3,(H,25,26). The number of nitrogens with one attached hydrogen (secondary N) is 1. The van der Waals surface area contributed by atoms with E-state index in [-0.39, 0.29) is 5.91 Å². The molecule has 29 heavy (non-hydrogen) atoms. The van der Waals surface area contributed by atoms with E-state index in [0.29, 0.717) is 18.1 Å². The van der Waals surface area contributed by atoms with Crippen LogP contribution in [-0.2, 0) is 6.54 Å². The third kappa shape index (κ3) is 4.71. The Labute approximate surface area is 171 Å². The molecule has 0 unspecified atom stereocenters. The summed E-state index contributed by atoms with van der Waals surface area (Å²) in [7, 11) is 1.77. The molecule has 0 saturated carbocycles. The van der Waals surface area contributed by atoms with Crippen LogP contribution in [0.15, 0.2) is 67.0 Å². The lowest BCUT2D eigenvalue weighted by atomic mass is 10.2. The third-order valence-corrected chi connectivity index (χ3v) is 5.09. The Bertz CT molecular complexity index is 935. The zero-order valence-electron chi connectivity index (χ0n) is 16.6. The lowest BCUT2D eigenvalue weighted by Gasteiger charge is -2.18. The predicted octanol–water partition coefficient (Wildman–Crippen LogP) is 4.09. The maximum Gasteiger partial charge on any atom is 0.274 e. The number of aromatic nitrogens is 2. The molecular formula is C23H25N5O. The highest BCUT2D eigenvalue weighted by Gasteiger charge is 2.14. The Hall–Kier alpha value is -3.41. The van der Waals surface area contributed by atoms with Gasteiger partial charge >= 0.3 is 0 Å². The van der Waals surface area contributed by atoms with Crippen LogP contribution in [0.4, 0.5) is 17.2 Å². The van der Waals surface area contributed by atoms with Crippen molar-refractivity contribution in [3.8, 4) is 0 Å². The maximum atomic E-state index is 12.6. The molecule has 0 radical (unpaired) electrons. The number of anilines is 3. The molecule has 6 heteroatoms. The van der Waals surface area contributed by atoms with Crippen LogP contribution in [0.5, 0.6) is 0 Å². The van der Waals surface area contributed by atoms with E-state index in [2.05, 4.69) is 32.3 Å². The van der Waals surface area contributed by atoms with Gasteiger partial charge in [-0.3, -0.25) is 4.79 Å². The number of carbonyl (C=O) groups is 1. The number of benzene rings is 2. The summed E-state index contributed by atoms with van der Waals surface area (Å²) in [6.45, 7) is 2.80. The second-order valence-corrected chi connectivity index (χ2v) is 7.30. The molecular weight excluding hydrogens is 362 g/mol. The Balaban J connectivity index is 1.36. The van der Waals surface area contributed by atoms with Crippen molar-refractivity contribution in [1.29, 1.82) is 0 Å². The van der Waals surface area contributed by atoms with E-state index in [1.165, 1.54) is 24.7 Å². The quantitative estimate of drug-likeness (QED) is 0.690. The van der Waals surface area contributed by atoms with Gasteiger partial charge in [-0.15, -0.1) is 0 Å². The molecule has 2 aromatic carbocycles. The summed E-state index contributed by atoms with van der Waals surface area (Å²) >= 11 is 0. The fourth-order valence-electron chi connectivity index (χ4n) is 3.51. The second kappa shape index (κ2) is 8.73. The Morgan fingerprint density at radius 1 is 1.00 bits per heavy atom. The molecule has 1 aliphatic rings. The minimum absolute atomic E-state index is 0.150. The molecule has 3 aromatic rings. The fourth-order valence-corrected chi connectivity index (χ4v) is 3.51. The number of carbonyl (C=O) groups excluding carboxylic acids is 1. The Kier molecular flexibility index (Phi) is 5.70. The van der Waals surface area contributed by atoms with E-state index in [4.69, 9.17) is 0 Å². The van der Waals surface area contributed by atoms with Gasteiger partial charge in [0.1, 0.15) is 11.5 Å². The van der Waals surface area contributed by atoms with Crippen molar-refractivity contribution in [2.24, 2.45) is 0 Å². The first-order valence-corrected chi connectivity index (χ1v) is 9.92. The van der Waals surface area contributed by atoms with Gasteiger partial charge in [0, 0.05) is 38.1 Å². The molecule has 148 valence electrons. The number of hydrogen-bond donors (Lipinski definition) is 1. The molecule has 0 atom stereocenters. The molecule has 0 aliphatic carbocycles. The largest absolute Gasteiger partial charge is 0.372 e. The van der Waals surface area contributed by atoms with Gasteiger partial charge in [-0.2, -0.15) is 0 Å². The highest BCUT2D eigenvalue weighted by molar-refractivity contribution is 5.91. The van der Waals surface area contributed by atoms with Gasteiger partial charge in [-0.1, -0.05) is 30.3 Å². The number of hydrogen-bond acceptors (Lipinski definition) is 5. The van der Waals surface area contributed by atoms with Gasteiger partial charge in [-0.05, 0) is 42.7 Å². The molecule has 4 rings (SSSR count). The van der Waals surface area contributed by atoms with Crippen LogP contribution in [0.1, 0.15) is 28.9 Å². The van der Waals surface area contributed by atoms with E-state index in [1.54, 1.807) is 18.1 Å². The van der Waals surface area contributed by atoms with E-state index in [0.717, 1.165) is 24.3 Å². The first kappa shape index (κ1) is 18.9. The van der Waals surface area contributed by atoms with Gasteiger partial charge in [0.2, 0.25) is 0 Å². The maximum absolute atomic E-state index is 12.6. The second-order valence-electron chi connectivity index (χ2n) is 7.30. The molecule has 1 aliphatic heterocycles. The first-order valence-electron chi connectivity index (χ1n) is 9.92. The monoisotopic (exact) mass is 387 g/mol. The molecule has 1 fully saturated rings. The van der Waals surface area contributed by atoms with E-state index in [9.17, 15) is 4.79 Å². The van der Waals surface area contributed by atoms with Crippen molar-refractivity contribution in [1.82, 2.24) is 14.9 Å². The average molecular weight is 387 g/mol. The first-order chi connectivity index (χ1) is 14.2. The van der Waals surface area contributed by atoms with Crippen molar-refractivity contribution in [3.63, 3.8) is 0 Å². The minimum atomic E-state index is -0.150. The van der Waals surface area contributed by atoms with Crippen molar-refractivity contribution >= 4 is 23.1 Å². The zero-order valence-corrected chi connectivity index (χ0v) is 16.6. The summed E-state index contributed by atoms with van der Waals surface area (Å²) in [5, 5.41) is 3.24. The molecule has 6 nitrogen and oxygen atoms in total. The van der Waals surface area contributed by atoms with Crippen LogP contribution in [0.3, 0.4) is 0 Å². The highest BCUT2D eigenvalue weighted by Crippen LogP contribution is 2.23. The Morgan fingerprint density at radius 3 is 2.38 bits per heavy atom. The van der Waals surface area contributed by atoms with E-state index < -0.39 is 0 Å². The topological polar surface area (TPSA) is 61.4 Å². The summed E-state index contributed by atoms with van der Waals surface area (Å²) in [6, 6.07) is 18.2. The summed E-state index contributed by atoms with van der Waals surface area (Å²) < 4.78 is 0. The van der Waals surface area contributed by atoms with Crippen molar-refractivity contribution in [2.45, 2.75) is 19.4 Å². The number of nitrogens with zero attached hydrogens (tertiary/aromatic N) is 4. The van der Waals surface area contributed by atoms with Gasteiger partial charge < -0.3 is 15.1 Å². The minimum Gasteiger partial charge on any atom is -0.372 e. The fraction of sp³-hybridized carbons (Fsp3) is 0.261. The molecule has 0 spiro atoms. The Morgan fingerprint density at radius 2 is 1.72 bits per heavy atom. The third-order valence-electron chi connectivity index (χ3n) is 5.09. The molecule has 1 N–H and O–H groups in total. The van der Waals surface area contributed by atoms with Crippen molar-refractivity contribution in [3.05, 3.63) is 78.2 Å². The highest BCUT2D eigenvalue weighted by atomic mass is 16.2. The summed E-state index contributed by atoms with van der Waals surface area (Å²) in [5.74, 6) is 0.462. The van der Waals surface area contributed by atoms with Crippen LogP contribution in [0.2, 0.25) is 0 Å². The van der Waals surface area contributed by atoms with Crippen LogP contribution in [0, 0.1) is 0 Å². The number of rotatable bonds is 6. The zero-order chi connectivity index (χ0) is 20.1. The van der Waals surface area contributed by atoms with E-state index >= 15 is 0 Å². The van der Waals surface area contributed by atoms with Gasteiger partial charge in [0.25, 0.3) is 5.91 Å².